The molecule has 160 valence electrons. The minimum atomic E-state index is -4.43. The van der Waals surface area contributed by atoms with Crippen LogP contribution in [-0.2, 0) is 14.4 Å². The van der Waals surface area contributed by atoms with Gasteiger partial charge in [0.05, 0.1) is 12.5 Å². The number of anilines is 1. The number of nitrogens with one attached hydrogen (secondary N) is 3. The third-order valence-corrected chi connectivity index (χ3v) is 4.77. The van der Waals surface area contributed by atoms with Gasteiger partial charge in [-0.15, -0.1) is 12.4 Å². The monoisotopic (exact) mass is 435 g/mol. The van der Waals surface area contributed by atoms with Gasteiger partial charge in [0.25, 0.3) is 0 Å². The van der Waals surface area contributed by atoms with Crippen molar-refractivity contribution in [2.24, 2.45) is 0 Å². The molecule has 3 N–H and O–H groups in total. The summed E-state index contributed by atoms with van der Waals surface area (Å²) in [6.45, 7) is -0.222. The molecule has 0 bridgehead atoms. The van der Waals surface area contributed by atoms with Crippen LogP contribution in [0.1, 0.15) is 24.3 Å². The summed E-state index contributed by atoms with van der Waals surface area (Å²) in [5, 5.41) is 7.42. The molecule has 8 nitrogen and oxygen atoms in total. The van der Waals surface area contributed by atoms with E-state index in [1.54, 1.807) is 6.07 Å². The van der Waals surface area contributed by atoms with Crippen LogP contribution in [-0.4, -0.2) is 66.0 Å². The third kappa shape index (κ3) is 5.87. The highest BCUT2D eigenvalue weighted by molar-refractivity contribution is 6.01. The second-order valence-electron chi connectivity index (χ2n) is 6.76. The fourth-order valence-electron chi connectivity index (χ4n) is 3.37. The molecule has 1 aromatic rings. The molecule has 1 unspecified atom stereocenters. The molecule has 2 aliphatic rings. The predicted molar refractivity (Wildman–Crippen MR) is 99.5 cm³/mol. The van der Waals surface area contributed by atoms with Gasteiger partial charge in [-0.1, -0.05) is 0 Å². The highest BCUT2D eigenvalue weighted by Gasteiger charge is 2.45. The molecular weight excluding hydrogens is 415 g/mol. The fraction of sp³-hybridized carbons (Fsp3) is 0.529. The Morgan fingerprint density at radius 3 is 2.79 bits per heavy atom. The van der Waals surface area contributed by atoms with Gasteiger partial charge in [0.2, 0.25) is 17.7 Å². The van der Waals surface area contributed by atoms with Gasteiger partial charge in [0, 0.05) is 32.3 Å². The molecule has 2 aliphatic heterocycles. The second kappa shape index (κ2) is 9.51. The van der Waals surface area contributed by atoms with E-state index in [2.05, 4.69) is 20.9 Å². The van der Waals surface area contributed by atoms with Crippen molar-refractivity contribution < 1.29 is 27.6 Å². The molecule has 1 aromatic heterocycles. The smallest absolute Gasteiger partial charge is 0.314 e. The van der Waals surface area contributed by atoms with Gasteiger partial charge in [-0.25, -0.2) is 4.98 Å². The third-order valence-electron chi connectivity index (χ3n) is 4.77. The molecule has 3 heterocycles. The summed E-state index contributed by atoms with van der Waals surface area (Å²) in [5.74, 6) is -1.78. The van der Waals surface area contributed by atoms with Gasteiger partial charge in [-0.05, 0) is 24.1 Å². The zero-order valence-corrected chi connectivity index (χ0v) is 16.1. The Kier molecular flexibility index (Phi) is 7.55. The van der Waals surface area contributed by atoms with Crippen LogP contribution in [0.5, 0.6) is 0 Å². The summed E-state index contributed by atoms with van der Waals surface area (Å²) in [6.07, 6.45) is -2.48. The van der Waals surface area contributed by atoms with E-state index in [1.165, 1.54) is 12.3 Å². The van der Waals surface area contributed by atoms with E-state index >= 15 is 0 Å². The number of carbonyl (C=O) groups is 3. The lowest BCUT2D eigenvalue weighted by atomic mass is 9.91. The van der Waals surface area contributed by atoms with E-state index in [1.807, 2.05) is 0 Å². The number of amides is 3. The summed E-state index contributed by atoms with van der Waals surface area (Å²) in [4.78, 5) is 40.5. The number of hydrogen-bond donors (Lipinski definition) is 3. The number of pyridine rings is 1. The van der Waals surface area contributed by atoms with Gasteiger partial charge >= 0.3 is 6.18 Å². The van der Waals surface area contributed by atoms with Crippen molar-refractivity contribution in [2.45, 2.75) is 31.0 Å². The largest absolute Gasteiger partial charge is 0.405 e. The quantitative estimate of drug-likeness (QED) is 0.604. The highest BCUT2D eigenvalue weighted by atomic mass is 35.5. The first-order valence-corrected chi connectivity index (χ1v) is 8.85. The molecule has 0 saturated carbocycles. The van der Waals surface area contributed by atoms with E-state index in [-0.39, 0.29) is 43.6 Å². The summed E-state index contributed by atoms with van der Waals surface area (Å²) in [7, 11) is 0. The minimum absolute atomic E-state index is 0. The van der Waals surface area contributed by atoms with Gasteiger partial charge in [-0.3, -0.25) is 24.6 Å². The predicted octanol–water partition coefficient (Wildman–Crippen LogP) is 0.798. The molecule has 0 aromatic carbocycles. The summed E-state index contributed by atoms with van der Waals surface area (Å²) >= 11 is 0. The summed E-state index contributed by atoms with van der Waals surface area (Å²) in [6, 6.07) is 1.37. The van der Waals surface area contributed by atoms with Crippen molar-refractivity contribution in [3.05, 3.63) is 23.9 Å². The Bertz CT molecular complexity index is 777. The number of piperazine rings is 1. The van der Waals surface area contributed by atoms with Crippen LogP contribution in [0.15, 0.2) is 18.3 Å². The maximum atomic E-state index is 13.1. The number of aromatic nitrogens is 1. The van der Waals surface area contributed by atoms with Crippen molar-refractivity contribution in [3.8, 4) is 0 Å². The summed E-state index contributed by atoms with van der Waals surface area (Å²) in [5.41, 5.74) is 0.575. The van der Waals surface area contributed by atoms with Crippen LogP contribution in [0.2, 0.25) is 0 Å². The molecule has 0 radical (unpaired) electrons. The number of carbonyl (C=O) groups excluding carboxylic acids is 3. The van der Waals surface area contributed by atoms with Crippen molar-refractivity contribution >= 4 is 35.9 Å². The average molecular weight is 436 g/mol. The van der Waals surface area contributed by atoms with E-state index in [9.17, 15) is 27.6 Å². The number of halogens is 4. The van der Waals surface area contributed by atoms with E-state index in [0.717, 1.165) is 4.90 Å². The molecule has 3 amide bonds. The van der Waals surface area contributed by atoms with Crippen LogP contribution in [0.25, 0.3) is 0 Å². The minimum Gasteiger partial charge on any atom is -0.314 e. The summed E-state index contributed by atoms with van der Waals surface area (Å²) < 4.78 is 39.3. The lowest BCUT2D eigenvalue weighted by Gasteiger charge is -2.36. The van der Waals surface area contributed by atoms with Crippen LogP contribution in [0, 0.1) is 0 Å². The standard InChI is InChI=1S/C17H20F3N5O3.ClH/c18-17(19,20)12-8-21-5-6-25(12)9-15(27)23-13-7-10(3-4-22-13)11-1-2-14(26)24-16(11)28;/h3-4,7,11-12,21H,1-2,5-6,8-9H2,(H,22,23,27)(H,24,26,28);1H/t11?,12-;/m1./s1. The second-order valence-corrected chi connectivity index (χ2v) is 6.76. The van der Waals surface area contributed by atoms with Crippen molar-refractivity contribution in [1.29, 1.82) is 0 Å². The van der Waals surface area contributed by atoms with E-state index < -0.39 is 36.5 Å². The normalized spacial score (nSPS) is 23.1. The Hall–Kier alpha value is -2.24. The number of nitrogens with zero attached hydrogens (tertiary/aromatic N) is 2. The lowest BCUT2D eigenvalue weighted by molar-refractivity contribution is -0.187. The molecule has 0 aliphatic carbocycles. The average Bonchev–Trinajstić information content (AvgIpc) is 2.61. The van der Waals surface area contributed by atoms with E-state index in [4.69, 9.17) is 0 Å². The molecule has 2 fully saturated rings. The first-order valence-electron chi connectivity index (χ1n) is 8.85. The topological polar surface area (TPSA) is 103 Å². The highest BCUT2D eigenvalue weighted by Crippen LogP contribution is 2.27. The molecule has 29 heavy (non-hydrogen) atoms. The number of imide groups is 1. The number of hydrogen-bond acceptors (Lipinski definition) is 6. The van der Waals surface area contributed by atoms with Gasteiger partial charge in [-0.2, -0.15) is 13.2 Å². The Morgan fingerprint density at radius 2 is 2.10 bits per heavy atom. The fourth-order valence-corrected chi connectivity index (χ4v) is 3.37. The van der Waals surface area contributed by atoms with Crippen LogP contribution in [0.4, 0.5) is 19.0 Å². The van der Waals surface area contributed by atoms with Crippen molar-refractivity contribution in [1.82, 2.24) is 20.5 Å². The molecular formula is C17H21ClF3N5O3. The Labute approximate surface area is 171 Å². The van der Waals surface area contributed by atoms with Gasteiger partial charge in [0.15, 0.2) is 0 Å². The first kappa shape index (κ1) is 23.0. The van der Waals surface area contributed by atoms with Crippen LogP contribution < -0.4 is 16.0 Å². The maximum Gasteiger partial charge on any atom is 0.405 e. The van der Waals surface area contributed by atoms with Crippen LogP contribution >= 0.6 is 12.4 Å². The van der Waals surface area contributed by atoms with Crippen molar-refractivity contribution in [3.63, 3.8) is 0 Å². The van der Waals surface area contributed by atoms with Crippen molar-refractivity contribution in [2.75, 3.05) is 31.5 Å². The number of piperidine rings is 1. The Morgan fingerprint density at radius 1 is 1.34 bits per heavy atom. The maximum absolute atomic E-state index is 13.1. The molecule has 3 rings (SSSR count). The Balaban J connectivity index is 0.00000300. The van der Waals surface area contributed by atoms with Crippen LogP contribution in [0.3, 0.4) is 0 Å². The van der Waals surface area contributed by atoms with E-state index in [0.29, 0.717) is 18.5 Å². The SMILES string of the molecule is Cl.O=C1CCC(c2ccnc(NC(=O)CN3CCNC[C@@H]3C(F)(F)F)c2)C(=O)N1. The molecule has 12 heteroatoms. The van der Waals surface area contributed by atoms with Gasteiger partial charge < -0.3 is 10.6 Å². The molecule has 2 atom stereocenters. The molecule has 2 saturated heterocycles. The number of alkyl halides is 3. The zero-order valence-electron chi connectivity index (χ0n) is 15.3. The zero-order chi connectivity index (χ0) is 20.3. The number of rotatable bonds is 4. The van der Waals surface area contributed by atoms with Gasteiger partial charge in [0.1, 0.15) is 11.9 Å². The first-order chi connectivity index (χ1) is 13.2. The lowest BCUT2D eigenvalue weighted by Crippen LogP contribution is -2.59. The molecule has 0 spiro atoms.